The van der Waals surface area contributed by atoms with Crippen molar-refractivity contribution >= 4 is 6.08 Å². The zero-order valence-corrected chi connectivity index (χ0v) is 12.0. The smallest absolute Gasteiger partial charge is 0.0694 e. The third-order valence-corrected chi connectivity index (χ3v) is 3.53. The zero-order chi connectivity index (χ0) is 13.1. The second kappa shape index (κ2) is 5.70. The monoisotopic (exact) mass is 247 g/mol. The predicted molar refractivity (Wildman–Crippen MR) is 76.4 cm³/mol. The first-order chi connectivity index (χ1) is 8.60. The van der Waals surface area contributed by atoms with Gasteiger partial charge in [-0.1, -0.05) is 32.4 Å². The molecule has 1 aliphatic carbocycles. The lowest BCUT2D eigenvalue weighted by Crippen LogP contribution is -2.21. The molecule has 1 aromatic heterocycles. The molecule has 0 spiro atoms. The minimum Gasteiger partial charge on any atom is -0.310 e. The van der Waals surface area contributed by atoms with E-state index in [1.807, 2.05) is 11.7 Å². The Morgan fingerprint density at radius 1 is 1.56 bits per heavy atom. The summed E-state index contributed by atoms with van der Waals surface area (Å²) in [5.74, 6) is 0.584. The molecule has 1 saturated carbocycles. The van der Waals surface area contributed by atoms with Gasteiger partial charge < -0.3 is 5.32 Å². The van der Waals surface area contributed by atoms with E-state index >= 15 is 0 Å². The third-order valence-electron chi connectivity index (χ3n) is 3.53. The maximum Gasteiger partial charge on any atom is 0.0694 e. The molecule has 0 aliphatic heterocycles. The Kier molecular flexibility index (Phi) is 4.23. The van der Waals surface area contributed by atoms with E-state index in [2.05, 4.69) is 43.5 Å². The van der Waals surface area contributed by atoms with Crippen molar-refractivity contribution in [3.05, 3.63) is 23.0 Å². The molecule has 0 saturated heterocycles. The largest absolute Gasteiger partial charge is 0.310 e. The van der Waals surface area contributed by atoms with Crippen LogP contribution in [-0.2, 0) is 13.5 Å². The van der Waals surface area contributed by atoms with Crippen LogP contribution in [0.25, 0.3) is 6.08 Å². The quantitative estimate of drug-likeness (QED) is 0.837. The Morgan fingerprint density at radius 3 is 2.83 bits per heavy atom. The highest BCUT2D eigenvalue weighted by molar-refractivity contribution is 5.55. The van der Waals surface area contributed by atoms with Crippen LogP contribution in [-0.4, -0.2) is 22.4 Å². The summed E-state index contributed by atoms with van der Waals surface area (Å²) < 4.78 is 1.91. The SMILES string of the molecule is CCc1nn(C)cc1/C=C(/CNC1CC1)C(C)C. The molecule has 0 aromatic carbocycles. The van der Waals surface area contributed by atoms with Gasteiger partial charge in [-0.15, -0.1) is 0 Å². The van der Waals surface area contributed by atoms with Gasteiger partial charge in [-0.2, -0.15) is 5.10 Å². The van der Waals surface area contributed by atoms with E-state index in [0.29, 0.717) is 5.92 Å². The fourth-order valence-electron chi connectivity index (χ4n) is 2.12. The van der Waals surface area contributed by atoms with E-state index in [1.54, 1.807) is 0 Å². The highest BCUT2D eigenvalue weighted by Gasteiger charge is 2.20. The molecule has 3 heteroatoms. The first-order valence-electron chi connectivity index (χ1n) is 7.06. The molecule has 0 unspecified atom stereocenters. The first kappa shape index (κ1) is 13.3. The summed E-state index contributed by atoms with van der Waals surface area (Å²) >= 11 is 0. The second-order valence-corrected chi connectivity index (χ2v) is 5.59. The van der Waals surface area contributed by atoms with Crippen molar-refractivity contribution in [1.29, 1.82) is 0 Å². The summed E-state index contributed by atoms with van der Waals surface area (Å²) in [4.78, 5) is 0. The highest BCUT2D eigenvalue weighted by Crippen LogP contribution is 2.21. The fraction of sp³-hybridized carbons (Fsp3) is 0.667. The van der Waals surface area contributed by atoms with E-state index < -0.39 is 0 Å². The van der Waals surface area contributed by atoms with Crippen LogP contribution < -0.4 is 5.32 Å². The Bertz CT molecular complexity index is 425. The van der Waals surface area contributed by atoms with Crippen LogP contribution in [0.15, 0.2) is 11.8 Å². The number of hydrogen-bond donors (Lipinski definition) is 1. The van der Waals surface area contributed by atoms with E-state index in [1.165, 1.54) is 29.7 Å². The van der Waals surface area contributed by atoms with Crippen LogP contribution in [0.5, 0.6) is 0 Å². The summed E-state index contributed by atoms with van der Waals surface area (Å²) in [7, 11) is 1.99. The van der Waals surface area contributed by atoms with Crippen molar-refractivity contribution in [3.63, 3.8) is 0 Å². The summed E-state index contributed by atoms with van der Waals surface area (Å²) in [6.07, 6.45) is 8.13. The van der Waals surface area contributed by atoms with Crippen LogP contribution in [0.1, 0.15) is 44.9 Å². The second-order valence-electron chi connectivity index (χ2n) is 5.59. The van der Waals surface area contributed by atoms with E-state index in [4.69, 9.17) is 0 Å². The molecule has 1 heterocycles. The summed E-state index contributed by atoms with van der Waals surface area (Å²) in [6.45, 7) is 7.71. The van der Waals surface area contributed by atoms with Gasteiger partial charge in [0.15, 0.2) is 0 Å². The van der Waals surface area contributed by atoms with Crippen molar-refractivity contribution in [2.75, 3.05) is 6.54 Å². The Balaban J connectivity index is 2.13. The minimum atomic E-state index is 0.584. The van der Waals surface area contributed by atoms with Crippen molar-refractivity contribution in [2.24, 2.45) is 13.0 Å². The topological polar surface area (TPSA) is 29.9 Å². The number of aryl methyl sites for hydroxylation is 2. The molecule has 100 valence electrons. The number of aromatic nitrogens is 2. The molecule has 1 aromatic rings. The molecule has 0 atom stereocenters. The number of nitrogens with one attached hydrogen (secondary N) is 1. The lowest BCUT2D eigenvalue weighted by molar-refractivity contribution is 0.662. The fourth-order valence-corrected chi connectivity index (χ4v) is 2.12. The maximum absolute atomic E-state index is 4.50. The summed E-state index contributed by atoms with van der Waals surface area (Å²) in [5.41, 5.74) is 3.95. The molecule has 1 fully saturated rings. The van der Waals surface area contributed by atoms with Crippen molar-refractivity contribution < 1.29 is 0 Å². The Hall–Kier alpha value is -1.09. The van der Waals surface area contributed by atoms with E-state index in [9.17, 15) is 0 Å². The Labute approximate surface area is 110 Å². The van der Waals surface area contributed by atoms with E-state index in [0.717, 1.165) is 19.0 Å². The van der Waals surface area contributed by atoms with Crippen LogP contribution in [0.4, 0.5) is 0 Å². The maximum atomic E-state index is 4.50. The standard InChI is InChI=1S/C15H25N3/c1-5-15-13(10-18(4)17-15)8-12(11(2)3)9-16-14-6-7-14/h8,10-11,14,16H,5-7,9H2,1-4H3/b12-8-. The first-order valence-corrected chi connectivity index (χ1v) is 7.06. The molecule has 0 bridgehead atoms. The molecular weight excluding hydrogens is 222 g/mol. The van der Waals surface area contributed by atoms with Gasteiger partial charge >= 0.3 is 0 Å². The molecule has 1 aliphatic rings. The van der Waals surface area contributed by atoms with Gasteiger partial charge in [0.05, 0.1) is 5.69 Å². The van der Waals surface area contributed by atoms with Crippen molar-refractivity contribution in [2.45, 2.75) is 46.1 Å². The lowest BCUT2D eigenvalue weighted by Gasteiger charge is -2.12. The van der Waals surface area contributed by atoms with Crippen molar-refractivity contribution in [3.8, 4) is 0 Å². The van der Waals surface area contributed by atoms with Crippen LogP contribution in [0.2, 0.25) is 0 Å². The lowest BCUT2D eigenvalue weighted by atomic mass is 10.00. The molecule has 0 amide bonds. The highest BCUT2D eigenvalue weighted by atomic mass is 15.2. The van der Waals surface area contributed by atoms with Gasteiger partial charge in [0.2, 0.25) is 0 Å². The normalized spacial score (nSPS) is 16.6. The van der Waals surface area contributed by atoms with Gasteiger partial charge in [0, 0.05) is 31.4 Å². The average Bonchev–Trinajstić information content (AvgIpc) is 3.07. The van der Waals surface area contributed by atoms with Crippen molar-refractivity contribution in [1.82, 2.24) is 15.1 Å². The van der Waals surface area contributed by atoms with Gasteiger partial charge in [0.25, 0.3) is 0 Å². The Morgan fingerprint density at radius 2 is 2.28 bits per heavy atom. The summed E-state index contributed by atoms with van der Waals surface area (Å²) in [5, 5.41) is 8.11. The number of rotatable bonds is 6. The summed E-state index contributed by atoms with van der Waals surface area (Å²) in [6, 6.07) is 0.770. The van der Waals surface area contributed by atoms with Crippen LogP contribution >= 0.6 is 0 Å². The molecular formula is C15H25N3. The van der Waals surface area contributed by atoms with Crippen LogP contribution in [0.3, 0.4) is 0 Å². The average molecular weight is 247 g/mol. The molecule has 18 heavy (non-hydrogen) atoms. The van der Waals surface area contributed by atoms with Gasteiger partial charge in [0.1, 0.15) is 0 Å². The number of hydrogen-bond acceptors (Lipinski definition) is 2. The molecule has 0 radical (unpaired) electrons. The molecule has 1 N–H and O–H groups in total. The van der Waals surface area contributed by atoms with Crippen LogP contribution in [0, 0.1) is 5.92 Å². The van der Waals surface area contributed by atoms with Gasteiger partial charge in [-0.05, 0) is 25.2 Å². The minimum absolute atomic E-state index is 0.584. The van der Waals surface area contributed by atoms with Gasteiger partial charge in [-0.25, -0.2) is 0 Å². The molecule has 3 nitrogen and oxygen atoms in total. The predicted octanol–water partition coefficient (Wildman–Crippen LogP) is 2.77. The number of nitrogens with zero attached hydrogens (tertiary/aromatic N) is 2. The van der Waals surface area contributed by atoms with Gasteiger partial charge in [-0.3, -0.25) is 4.68 Å². The third kappa shape index (κ3) is 3.45. The zero-order valence-electron chi connectivity index (χ0n) is 12.0. The molecule has 2 rings (SSSR count). The van der Waals surface area contributed by atoms with E-state index in [-0.39, 0.29) is 0 Å².